The lowest BCUT2D eigenvalue weighted by Gasteiger charge is -2.22. The zero-order valence-corrected chi connectivity index (χ0v) is 16.1. The minimum atomic E-state index is -3.19. The highest BCUT2D eigenvalue weighted by Crippen LogP contribution is 2.27. The van der Waals surface area contributed by atoms with Crippen LogP contribution in [0.25, 0.3) is 0 Å². The summed E-state index contributed by atoms with van der Waals surface area (Å²) < 4.78 is 22.7. The molecule has 1 unspecified atom stereocenters. The second-order valence-electron chi connectivity index (χ2n) is 6.77. The van der Waals surface area contributed by atoms with Gasteiger partial charge in [0.2, 0.25) is 0 Å². The summed E-state index contributed by atoms with van der Waals surface area (Å²) in [5.74, 6) is -1.41. The average Bonchev–Trinajstić information content (AvgIpc) is 2.86. The van der Waals surface area contributed by atoms with Crippen LogP contribution < -0.4 is 10.7 Å². The molecule has 1 saturated heterocycles. The number of nitrogens with zero attached hydrogens (tertiary/aromatic N) is 1. The molecule has 1 heterocycles. The lowest BCUT2D eigenvalue weighted by Crippen LogP contribution is -2.47. The van der Waals surface area contributed by atoms with E-state index in [1.807, 2.05) is 0 Å². The molecule has 0 bridgehead atoms. The van der Waals surface area contributed by atoms with Crippen LogP contribution in [0.2, 0.25) is 0 Å². The van der Waals surface area contributed by atoms with Crippen LogP contribution >= 0.6 is 0 Å². The van der Waals surface area contributed by atoms with E-state index in [2.05, 4.69) is 10.7 Å². The van der Waals surface area contributed by atoms with Crippen LogP contribution in [-0.2, 0) is 25.9 Å². The molecule has 4 amide bonds. The number of hydrogen-bond donors (Lipinski definition) is 2. The Kier molecular flexibility index (Phi) is 4.95. The number of urea groups is 1. The van der Waals surface area contributed by atoms with Gasteiger partial charge in [-0.25, -0.2) is 13.2 Å². The number of imide groups is 1. The number of rotatable bonds is 5. The smallest absolute Gasteiger partial charge is 0.318 e. The van der Waals surface area contributed by atoms with E-state index < -0.39 is 33.2 Å². The summed E-state index contributed by atoms with van der Waals surface area (Å²) in [4.78, 5) is 37.5. The van der Waals surface area contributed by atoms with Gasteiger partial charge in [-0.1, -0.05) is 42.5 Å². The molecule has 0 aromatic heterocycles. The second-order valence-corrected chi connectivity index (χ2v) is 8.91. The van der Waals surface area contributed by atoms with E-state index in [9.17, 15) is 22.8 Å². The van der Waals surface area contributed by atoms with Crippen LogP contribution in [0, 0.1) is 0 Å². The van der Waals surface area contributed by atoms with Crippen LogP contribution in [0.4, 0.5) is 4.79 Å². The highest BCUT2D eigenvalue weighted by Gasteiger charge is 2.50. The maximum absolute atomic E-state index is 12.8. The van der Waals surface area contributed by atoms with E-state index in [-0.39, 0.29) is 11.3 Å². The standard InChI is InChI=1S/C19H19N3O5S/c1-19(15-6-4-3-5-7-15)17(24)22(18(25)20-19)21-16(23)14-10-8-13(9-11-14)12-28(2,26)27/h3-11H,12H2,1-2H3,(H,20,25)(H,21,23). The molecule has 2 N–H and O–H groups in total. The van der Waals surface area contributed by atoms with Gasteiger partial charge in [-0.2, -0.15) is 5.01 Å². The van der Waals surface area contributed by atoms with E-state index >= 15 is 0 Å². The van der Waals surface area contributed by atoms with Crippen LogP contribution in [0.5, 0.6) is 0 Å². The SMILES string of the molecule is CC1(c2ccccc2)NC(=O)N(NC(=O)c2ccc(CS(C)(=O)=O)cc2)C1=O. The fourth-order valence-corrected chi connectivity index (χ4v) is 3.73. The van der Waals surface area contributed by atoms with Crippen LogP contribution in [0.15, 0.2) is 54.6 Å². The predicted octanol–water partition coefficient (Wildman–Crippen LogP) is 1.34. The quantitative estimate of drug-likeness (QED) is 0.735. The van der Waals surface area contributed by atoms with E-state index in [1.54, 1.807) is 37.3 Å². The molecule has 146 valence electrons. The number of sulfone groups is 1. The van der Waals surface area contributed by atoms with Crippen LogP contribution in [0.1, 0.15) is 28.4 Å². The molecule has 0 saturated carbocycles. The first-order valence-electron chi connectivity index (χ1n) is 8.40. The molecule has 0 aliphatic carbocycles. The number of hydrogen-bond acceptors (Lipinski definition) is 5. The number of hydrazine groups is 1. The monoisotopic (exact) mass is 401 g/mol. The third-order valence-electron chi connectivity index (χ3n) is 4.40. The number of amides is 4. The lowest BCUT2D eigenvalue weighted by atomic mass is 9.92. The fourth-order valence-electron chi connectivity index (χ4n) is 2.93. The highest BCUT2D eigenvalue weighted by atomic mass is 32.2. The maximum Gasteiger partial charge on any atom is 0.344 e. The highest BCUT2D eigenvalue weighted by molar-refractivity contribution is 7.89. The van der Waals surface area contributed by atoms with Crippen molar-refractivity contribution in [1.29, 1.82) is 0 Å². The molecule has 3 rings (SSSR count). The maximum atomic E-state index is 12.8. The number of carbonyl (C=O) groups excluding carboxylic acids is 3. The summed E-state index contributed by atoms with van der Waals surface area (Å²) in [7, 11) is -3.19. The Labute approximate surface area is 162 Å². The van der Waals surface area contributed by atoms with Crippen LogP contribution in [-0.4, -0.2) is 37.5 Å². The molecular formula is C19H19N3O5S. The third kappa shape index (κ3) is 3.89. The van der Waals surface area contributed by atoms with Gasteiger partial charge in [0.1, 0.15) is 5.54 Å². The molecule has 1 aliphatic heterocycles. The summed E-state index contributed by atoms with van der Waals surface area (Å²) in [6.07, 6.45) is 1.12. The summed E-state index contributed by atoms with van der Waals surface area (Å²) in [5.41, 5.74) is 2.33. The molecule has 9 heteroatoms. The molecule has 1 fully saturated rings. The molecule has 2 aromatic rings. The van der Waals surface area contributed by atoms with E-state index in [4.69, 9.17) is 0 Å². The van der Waals surface area contributed by atoms with E-state index in [1.165, 1.54) is 24.3 Å². The normalized spacial score (nSPS) is 19.4. The molecular weight excluding hydrogens is 382 g/mol. The molecule has 8 nitrogen and oxygen atoms in total. The zero-order valence-electron chi connectivity index (χ0n) is 15.3. The van der Waals surface area contributed by atoms with Crippen molar-refractivity contribution < 1.29 is 22.8 Å². The molecule has 0 radical (unpaired) electrons. The van der Waals surface area contributed by atoms with Crippen molar-refractivity contribution in [2.24, 2.45) is 0 Å². The lowest BCUT2D eigenvalue weighted by molar-refractivity contribution is -0.132. The van der Waals surface area contributed by atoms with Gasteiger partial charge in [0.15, 0.2) is 9.84 Å². The average molecular weight is 401 g/mol. The summed E-state index contributed by atoms with van der Waals surface area (Å²) in [6.45, 7) is 1.56. The van der Waals surface area contributed by atoms with Gasteiger partial charge in [-0.3, -0.25) is 15.0 Å². The topological polar surface area (TPSA) is 113 Å². The third-order valence-corrected chi connectivity index (χ3v) is 5.26. The summed E-state index contributed by atoms with van der Waals surface area (Å²) in [6, 6.07) is 13.9. The van der Waals surface area contributed by atoms with Crippen molar-refractivity contribution in [3.05, 3.63) is 71.3 Å². The van der Waals surface area contributed by atoms with Gasteiger partial charge < -0.3 is 5.32 Å². The Hall–Kier alpha value is -3.20. The predicted molar refractivity (Wildman–Crippen MR) is 102 cm³/mol. The fraction of sp³-hybridized carbons (Fsp3) is 0.211. The number of nitrogens with one attached hydrogen (secondary N) is 2. The van der Waals surface area contributed by atoms with Crippen molar-refractivity contribution >= 4 is 27.7 Å². The Morgan fingerprint density at radius 2 is 1.68 bits per heavy atom. The van der Waals surface area contributed by atoms with Crippen molar-refractivity contribution in [3.8, 4) is 0 Å². The molecule has 28 heavy (non-hydrogen) atoms. The Morgan fingerprint density at radius 1 is 1.07 bits per heavy atom. The van der Waals surface area contributed by atoms with Gasteiger partial charge in [0.05, 0.1) is 5.75 Å². The largest absolute Gasteiger partial charge is 0.344 e. The van der Waals surface area contributed by atoms with E-state index in [0.717, 1.165) is 6.26 Å². The van der Waals surface area contributed by atoms with Crippen molar-refractivity contribution in [2.75, 3.05) is 6.26 Å². The van der Waals surface area contributed by atoms with E-state index in [0.29, 0.717) is 16.1 Å². The number of benzene rings is 2. The first-order chi connectivity index (χ1) is 13.1. The van der Waals surface area contributed by atoms with Crippen molar-refractivity contribution in [3.63, 3.8) is 0 Å². The minimum absolute atomic E-state index is 0.142. The number of carbonyl (C=O) groups is 3. The van der Waals surface area contributed by atoms with Gasteiger partial charge in [-0.15, -0.1) is 0 Å². The van der Waals surface area contributed by atoms with Crippen LogP contribution in [0.3, 0.4) is 0 Å². The molecule has 2 aromatic carbocycles. The summed E-state index contributed by atoms with van der Waals surface area (Å²) in [5, 5.41) is 3.25. The zero-order chi connectivity index (χ0) is 20.5. The summed E-state index contributed by atoms with van der Waals surface area (Å²) >= 11 is 0. The first-order valence-corrected chi connectivity index (χ1v) is 10.5. The van der Waals surface area contributed by atoms with Crippen molar-refractivity contribution in [2.45, 2.75) is 18.2 Å². The van der Waals surface area contributed by atoms with Gasteiger partial charge >= 0.3 is 6.03 Å². The Balaban J connectivity index is 1.75. The Bertz CT molecular complexity index is 1030. The van der Waals surface area contributed by atoms with Crippen molar-refractivity contribution in [1.82, 2.24) is 15.8 Å². The first kappa shape index (κ1) is 19.6. The molecule has 1 aliphatic rings. The van der Waals surface area contributed by atoms with Gasteiger partial charge in [0.25, 0.3) is 11.8 Å². The Morgan fingerprint density at radius 3 is 2.25 bits per heavy atom. The second kappa shape index (κ2) is 7.08. The molecule has 0 spiro atoms. The minimum Gasteiger partial charge on any atom is -0.318 e. The van der Waals surface area contributed by atoms with Gasteiger partial charge in [-0.05, 0) is 30.2 Å². The van der Waals surface area contributed by atoms with Gasteiger partial charge in [0, 0.05) is 11.8 Å². The molecule has 1 atom stereocenters.